The minimum atomic E-state index is -0.939. The number of rotatable bonds is 5. The van der Waals surface area contributed by atoms with Gasteiger partial charge in [-0.1, -0.05) is 19.1 Å². The highest BCUT2D eigenvalue weighted by molar-refractivity contribution is 5.85. The summed E-state index contributed by atoms with van der Waals surface area (Å²) in [7, 11) is 0. The molecule has 0 fully saturated rings. The van der Waals surface area contributed by atoms with E-state index in [9.17, 15) is 14.7 Å². The van der Waals surface area contributed by atoms with Gasteiger partial charge < -0.3 is 15.5 Å². The zero-order valence-electron chi connectivity index (χ0n) is 9.93. The number of carbonyl (C=O) groups excluding carboxylic acids is 1. The van der Waals surface area contributed by atoms with Crippen LogP contribution in [0.3, 0.4) is 0 Å². The van der Waals surface area contributed by atoms with Gasteiger partial charge in [0, 0.05) is 6.54 Å². The van der Waals surface area contributed by atoms with Crippen molar-refractivity contribution in [1.82, 2.24) is 5.32 Å². The molecule has 0 radical (unpaired) electrons. The zero-order chi connectivity index (χ0) is 12.8. The fourth-order valence-electron chi connectivity index (χ4n) is 1.87. The molecule has 0 aromatic heterocycles. The first kappa shape index (κ1) is 13.7. The van der Waals surface area contributed by atoms with E-state index >= 15 is 0 Å². The molecular weight excluding hydrogens is 222 g/mol. The summed E-state index contributed by atoms with van der Waals surface area (Å²) >= 11 is 0. The summed E-state index contributed by atoms with van der Waals surface area (Å²) in [6.07, 6.45) is 4.46. The fourth-order valence-corrected chi connectivity index (χ4v) is 1.87. The molecule has 1 rings (SSSR count). The van der Waals surface area contributed by atoms with Gasteiger partial charge in [0.05, 0.1) is 17.9 Å². The lowest BCUT2D eigenvalue weighted by Crippen LogP contribution is -2.41. The van der Waals surface area contributed by atoms with Crippen molar-refractivity contribution >= 4 is 11.9 Å². The summed E-state index contributed by atoms with van der Waals surface area (Å²) in [6, 6.07) is 0. The number of carboxylic acids is 1. The fraction of sp³-hybridized carbons (Fsp3) is 0.667. The van der Waals surface area contributed by atoms with Crippen LogP contribution in [0.2, 0.25) is 0 Å². The van der Waals surface area contributed by atoms with Gasteiger partial charge in [-0.05, 0) is 19.3 Å². The molecule has 1 amide bonds. The van der Waals surface area contributed by atoms with Crippen LogP contribution in [0.5, 0.6) is 0 Å². The molecule has 0 spiro atoms. The minimum absolute atomic E-state index is 0.182. The van der Waals surface area contributed by atoms with E-state index in [-0.39, 0.29) is 12.5 Å². The minimum Gasteiger partial charge on any atom is -0.481 e. The van der Waals surface area contributed by atoms with Crippen LogP contribution < -0.4 is 5.32 Å². The first-order chi connectivity index (χ1) is 8.06. The molecule has 5 nitrogen and oxygen atoms in total. The van der Waals surface area contributed by atoms with Crippen LogP contribution in [0, 0.1) is 11.8 Å². The average molecular weight is 241 g/mol. The SMILES string of the molecule is CCC(O)CNC(=O)C1CC=CCC1C(=O)O. The third-order valence-electron chi connectivity index (χ3n) is 3.07. The number of aliphatic carboxylic acids is 1. The van der Waals surface area contributed by atoms with Crippen LogP contribution in [0.15, 0.2) is 12.2 Å². The van der Waals surface area contributed by atoms with Crippen molar-refractivity contribution in [3.63, 3.8) is 0 Å². The summed E-state index contributed by atoms with van der Waals surface area (Å²) in [6.45, 7) is 2.00. The number of carbonyl (C=O) groups is 2. The van der Waals surface area contributed by atoms with E-state index in [0.29, 0.717) is 19.3 Å². The predicted molar refractivity (Wildman–Crippen MR) is 62.3 cm³/mol. The van der Waals surface area contributed by atoms with Crippen LogP contribution in [-0.2, 0) is 9.59 Å². The van der Waals surface area contributed by atoms with Crippen LogP contribution in [0.1, 0.15) is 26.2 Å². The topological polar surface area (TPSA) is 86.6 Å². The zero-order valence-corrected chi connectivity index (χ0v) is 9.93. The second-order valence-corrected chi connectivity index (χ2v) is 4.30. The molecule has 3 N–H and O–H groups in total. The molecule has 1 aliphatic carbocycles. The molecule has 96 valence electrons. The monoisotopic (exact) mass is 241 g/mol. The lowest BCUT2D eigenvalue weighted by Gasteiger charge is -2.24. The molecule has 0 aliphatic heterocycles. The van der Waals surface area contributed by atoms with Gasteiger partial charge in [0.15, 0.2) is 0 Å². The Bertz CT molecular complexity index is 314. The summed E-state index contributed by atoms with van der Waals surface area (Å²) in [5.41, 5.74) is 0. The molecule has 0 saturated heterocycles. The normalized spacial score (nSPS) is 25.3. The Kier molecular flexibility index (Phi) is 5.15. The Morgan fingerprint density at radius 3 is 2.47 bits per heavy atom. The lowest BCUT2D eigenvalue weighted by molar-refractivity contribution is -0.147. The number of aliphatic hydroxyl groups excluding tert-OH is 1. The van der Waals surface area contributed by atoms with Gasteiger partial charge in [0.25, 0.3) is 0 Å². The van der Waals surface area contributed by atoms with E-state index in [1.165, 1.54) is 0 Å². The first-order valence-electron chi connectivity index (χ1n) is 5.89. The number of aliphatic hydroxyl groups is 1. The molecular formula is C12H19NO4. The van der Waals surface area contributed by atoms with E-state index in [1.54, 1.807) is 6.08 Å². The average Bonchev–Trinajstić information content (AvgIpc) is 2.35. The van der Waals surface area contributed by atoms with Crippen LogP contribution in [0.4, 0.5) is 0 Å². The molecule has 0 bridgehead atoms. The van der Waals surface area contributed by atoms with Gasteiger partial charge in [0.1, 0.15) is 0 Å². The van der Waals surface area contributed by atoms with Crippen molar-refractivity contribution in [3.8, 4) is 0 Å². The molecule has 0 heterocycles. The summed E-state index contributed by atoms with van der Waals surface area (Å²) < 4.78 is 0. The molecule has 1 aliphatic rings. The van der Waals surface area contributed by atoms with Crippen molar-refractivity contribution in [2.45, 2.75) is 32.3 Å². The Hall–Kier alpha value is -1.36. The number of allylic oxidation sites excluding steroid dienone is 2. The van der Waals surface area contributed by atoms with Gasteiger partial charge in [0.2, 0.25) is 5.91 Å². The molecule has 0 saturated carbocycles. The summed E-state index contributed by atoms with van der Waals surface area (Å²) in [5.74, 6) is -2.40. The third-order valence-corrected chi connectivity index (χ3v) is 3.07. The lowest BCUT2D eigenvalue weighted by atomic mass is 9.82. The van der Waals surface area contributed by atoms with Crippen LogP contribution in [-0.4, -0.2) is 34.7 Å². The quantitative estimate of drug-likeness (QED) is 0.613. The van der Waals surface area contributed by atoms with Crippen molar-refractivity contribution in [3.05, 3.63) is 12.2 Å². The van der Waals surface area contributed by atoms with E-state index in [1.807, 2.05) is 13.0 Å². The number of hydrogen-bond acceptors (Lipinski definition) is 3. The van der Waals surface area contributed by atoms with Crippen LogP contribution >= 0.6 is 0 Å². The third kappa shape index (κ3) is 3.85. The maximum atomic E-state index is 11.8. The Labute approximate surface area is 101 Å². The van der Waals surface area contributed by atoms with E-state index in [4.69, 9.17) is 5.11 Å². The molecule has 0 aromatic rings. The molecule has 5 heteroatoms. The highest BCUT2D eigenvalue weighted by atomic mass is 16.4. The second kappa shape index (κ2) is 6.39. The van der Waals surface area contributed by atoms with Gasteiger partial charge in [-0.15, -0.1) is 0 Å². The van der Waals surface area contributed by atoms with Crippen LogP contribution in [0.25, 0.3) is 0 Å². The molecule has 0 aromatic carbocycles. The Morgan fingerprint density at radius 2 is 1.94 bits per heavy atom. The van der Waals surface area contributed by atoms with Gasteiger partial charge in [-0.3, -0.25) is 9.59 Å². The van der Waals surface area contributed by atoms with E-state index in [0.717, 1.165) is 0 Å². The standard InChI is InChI=1S/C12H19NO4/c1-2-8(14)7-13-11(15)9-5-3-4-6-10(9)12(16)17/h3-4,8-10,14H,2,5-7H2,1H3,(H,13,15)(H,16,17). The highest BCUT2D eigenvalue weighted by Gasteiger charge is 2.33. The van der Waals surface area contributed by atoms with Gasteiger partial charge in [-0.25, -0.2) is 0 Å². The highest BCUT2D eigenvalue weighted by Crippen LogP contribution is 2.25. The maximum absolute atomic E-state index is 11.8. The van der Waals surface area contributed by atoms with Crippen molar-refractivity contribution in [2.24, 2.45) is 11.8 Å². The number of hydrogen-bond donors (Lipinski definition) is 3. The summed E-state index contributed by atoms with van der Waals surface area (Å²) in [4.78, 5) is 22.8. The Balaban J connectivity index is 2.54. The molecule has 3 unspecified atom stereocenters. The predicted octanol–water partition coefficient (Wildman–Crippen LogP) is 0.541. The largest absolute Gasteiger partial charge is 0.481 e. The van der Waals surface area contributed by atoms with E-state index < -0.39 is 23.9 Å². The van der Waals surface area contributed by atoms with Crippen molar-refractivity contribution in [2.75, 3.05) is 6.54 Å². The number of carboxylic acid groups (broad SMARTS) is 1. The second-order valence-electron chi connectivity index (χ2n) is 4.30. The van der Waals surface area contributed by atoms with Gasteiger partial charge >= 0.3 is 5.97 Å². The number of nitrogens with one attached hydrogen (secondary N) is 1. The van der Waals surface area contributed by atoms with Gasteiger partial charge in [-0.2, -0.15) is 0 Å². The first-order valence-corrected chi connectivity index (χ1v) is 5.89. The molecule has 17 heavy (non-hydrogen) atoms. The summed E-state index contributed by atoms with van der Waals surface area (Å²) in [5, 5.41) is 21.0. The van der Waals surface area contributed by atoms with E-state index in [2.05, 4.69) is 5.32 Å². The Morgan fingerprint density at radius 1 is 1.35 bits per heavy atom. The number of amides is 1. The smallest absolute Gasteiger partial charge is 0.307 e. The van der Waals surface area contributed by atoms with Crippen molar-refractivity contribution in [1.29, 1.82) is 0 Å². The maximum Gasteiger partial charge on any atom is 0.307 e. The molecule has 3 atom stereocenters. The van der Waals surface area contributed by atoms with Crippen molar-refractivity contribution < 1.29 is 19.8 Å².